The molecule has 1 aliphatic rings. The van der Waals surface area contributed by atoms with E-state index in [1.54, 1.807) is 7.11 Å². The van der Waals surface area contributed by atoms with Crippen LogP contribution < -0.4 is 5.32 Å². The van der Waals surface area contributed by atoms with E-state index in [-0.39, 0.29) is 0 Å². The van der Waals surface area contributed by atoms with E-state index in [1.165, 1.54) is 25.8 Å². The Balaban J connectivity index is 1.94. The summed E-state index contributed by atoms with van der Waals surface area (Å²) in [6, 6.07) is 0.688. The first-order chi connectivity index (χ1) is 7.33. The highest BCUT2D eigenvalue weighted by Crippen LogP contribution is 2.10. The maximum Gasteiger partial charge on any atom is 0.0568 e. The quantitative estimate of drug-likeness (QED) is 0.704. The summed E-state index contributed by atoms with van der Waals surface area (Å²) in [5.74, 6) is 0. The normalized spacial score (nSPS) is 24.0. The second-order valence-electron chi connectivity index (χ2n) is 4.40. The number of hydrogen-bond acceptors (Lipinski definition) is 3. The molecule has 3 heteroatoms. The van der Waals surface area contributed by atoms with Crippen LogP contribution in [0.2, 0.25) is 0 Å². The fourth-order valence-corrected chi connectivity index (χ4v) is 1.95. The molecule has 0 amide bonds. The number of nitrogens with one attached hydrogen (secondary N) is 1. The predicted molar refractivity (Wildman–Crippen MR) is 62.2 cm³/mol. The highest BCUT2D eigenvalue weighted by Gasteiger charge is 2.12. The van der Waals surface area contributed by atoms with E-state index in [4.69, 9.17) is 9.47 Å². The van der Waals surface area contributed by atoms with Crippen molar-refractivity contribution in [3.8, 4) is 0 Å². The van der Waals surface area contributed by atoms with Crippen LogP contribution in [0.1, 0.15) is 39.0 Å². The first kappa shape index (κ1) is 12.9. The van der Waals surface area contributed by atoms with Gasteiger partial charge in [-0.3, -0.25) is 0 Å². The number of methoxy groups -OCH3 is 1. The molecule has 1 rings (SSSR count). The Labute approximate surface area is 93.5 Å². The van der Waals surface area contributed by atoms with E-state index in [9.17, 15) is 0 Å². The van der Waals surface area contributed by atoms with Crippen LogP contribution in [0.4, 0.5) is 0 Å². The Kier molecular flexibility index (Phi) is 6.98. The van der Waals surface area contributed by atoms with E-state index in [1.807, 2.05) is 0 Å². The van der Waals surface area contributed by atoms with Crippen molar-refractivity contribution in [1.29, 1.82) is 0 Å². The van der Waals surface area contributed by atoms with Crippen LogP contribution in [0.5, 0.6) is 0 Å². The van der Waals surface area contributed by atoms with Crippen molar-refractivity contribution in [1.82, 2.24) is 5.32 Å². The van der Waals surface area contributed by atoms with Gasteiger partial charge in [0.2, 0.25) is 0 Å². The summed E-state index contributed by atoms with van der Waals surface area (Å²) >= 11 is 0. The summed E-state index contributed by atoms with van der Waals surface area (Å²) in [4.78, 5) is 0. The smallest absolute Gasteiger partial charge is 0.0568 e. The number of rotatable bonds is 7. The van der Waals surface area contributed by atoms with Gasteiger partial charge in [0, 0.05) is 26.4 Å². The fraction of sp³-hybridized carbons (Fsp3) is 1.00. The first-order valence-corrected chi connectivity index (χ1v) is 6.17. The SMILES string of the molecule is COCCC(C)OCCC1CCCCN1. The van der Waals surface area contributed by atoms with Gasteiger partial charge in [-0.25, -0.2) is 0 Å². The van der Waals surface area contributed by atoms with Gasteiger partial charge in [-0.2, -0.15) is 0 Å². The minimum absolute atomic E-state index is 0.327. The second kappa shape index (κ2) is 8.08. The van der Waals surface area contributed by atoms with Crippen LogP contribution in [-0.4, -0.2) is 39.0 Å². The molecule has 0 saturated carbocycles. The molecule has 1 N–H and O–H groups in total. The van der Waals surface area contributed by atoms with Gasteiger partial charge >= 0.3 is 0 Å². The van der Waals surface area contributed by atoms with Gasteiger partial charge in [0.1, 0.15) is 0 Å². The molecule has 1 aliphatic heterocycles. The molecule has 0 radical (unpaired) electrons. The highest BCUT2D eigenvalue weighted by molar-refractivity contribution is 4.71. The summed E-state index contributed by atoms with van der Waals surface area (Å²) < 4.78 is 10.7. The van der Waals surface area contributed by atoms with Crippen molar-refractivity contribution in [2.24, 2.45) is 0 Å². The number of hydrogen-bond donors (Lipinski definition) is 1. The number of piperidine rings is 1. The maximum atomic E-state index is 5.73. The van der Waals surface area contributed by atoms with Crippen LogP contribution in [0.3, 0.4) is 0 Å². The zero-order valence-corrected chi connectivity index (χ0v) is 10.1. The van der Waals surface area contributed by atoms with E-state index in [2.05, 4.69) is 12.2 Å². The Morgan fingerprint density at radius 1 is 1.33 bits per heavy atom. The largest absolute Gasteiger partial charge is 0.385 e. The molecule has 1 fully saturated rings. The molecule has 2 unspecified atom stereocenters. The molecule has 1 heterocycles. The fourth-order valence-electron chi connectivity index (χ4n) is 1.95. The summed E-state index contributed by atoms with van der Waals surface area (Å²) in [5.41, 5.74) is 0. The van der Waals surface area contributed by atoms with Gasteiger partial charge < -0.3 is 14.8 Å². The van der Waals surface area contributed by atoms with Gasteiger partial charge in [0.15, 0.2) is 0 Å². The van der Waals surface area contributed by atoms with Crippen molar-refractivity contribution >= 4 is 0 Å². The summed E-state index contributed by atoms with van der Waals surface area (Å²) in [6.45, 7) is 4.97. The van der Waals surface area contributed by atoms with Crippen molar-refractivity contribution in [2.45, 2.75) is 51.2 Å². The Morgan fingerprint density at radius 2 is 2.20 bits per heavy atom. The third-order valence-corrected chi connectivity index (χ3v) is 3.01. The average molecular weight is 215 g/mol. The van der Waals surface area contributed by atoms with Gasteiger partial charge in [-0.05, 0) is 39.2 Å². The molecule has 90 valence electrons. The zero-order valence-electron chi connectivity index (χ0n) is 10.1. The van der Waals surface area contributed by atoms with E-state index < -0.39 is 0 Å². The molecule has 1 saturated heterocycles. The maximum absolute atomic E-state index is 5.73. The topological polar surface area (TPSA) is 30.5 Å². The van der Waals surface area contributed by atoms with Gasteiger partial charge in [0.05, 0.1) is 6.10 Å². The van der Waals surface area contributed by atoms with Gasteiger partial charge in [-0.1, -0.05) is 6.42 Å². The molecule has 0 aromatic carbocycles. The molecular weight excluding hydrogens is 190 g/mol. The van der Waals surface area contributed by atoms with Crippen molar-refractivity contribution in [3.63, 3.8) is 0 Å². The van der Waals surface area contributed by atoms with Crippen LogP contribution in [-0.2, 0) is 9.47 Å². The highest BCUT2D eigenvalue weighted by atomic mass is 16.5. The van der Waals surface area contributed by atoms with Gasteiger partial charge in [0.25, 0.3) is 0 Å². The first-order valence-electron chi connectivity index (χ1n) is 6.17. The molecule has 0 aromatic rings. The van der Waals surface area contributed by atoms with Gasteiger partial charge in [-0.15, -0.1) is 0 Å². The zero-order chi connectivity index (χ0) is 10.9. The summed E-state index contributed by atoms with van der Waals surface area (Å²) in [6.07, 6.45) is 6.49. The molecule has 0 aliphatic carbocycles. The minimum Gasteiger partial charge on any atom is -0.385 e. The van der Waals surface area contributed by atoms with Crippen molar-refractivity contribution in [2.75, 3.05) is 26.9 Å². The predicted octanol–water partition coefficient (Wildman–Crippen LogP) is 1.96. The molecule has 15 heavy (non-hydrogen) atoms. The molecule has 0 aromatic heterocycles. The van der Waals surface area contributed by atoms with E-state index >= 15 is 0 Å². The monoisotopic (exact) mass is 215 g/mol. The Morgan fingerprint density at radius 3 is 2.87 bits per heavy atom. The number of ether oxygens (including phenoxy) is 2. The molecule has 0 spiro atoms. The molecule has 3 nitrogen and oxygen atoms in total. The van der Waals surface area contributed by atoms with E-state index in [0.717, 1.165) is 26.1 Å². The lowest BCUT2D eigenvalue weighted by atomic mass is 10.0. The van der Waals surface area contributed by atoms with Crippen LogP contribution in [0, 0.1) is 0 Å². The molecule has 2 atom stereocenters. The third-order valence-electron chi connectivity index (χ3n) is 3.01. The van der Waals surface area contributed by atoms with Crippen LogP contribution in [0.25, 0.3) is 0 Å². The lowest BCUT2D eigenvalue weighted by molar-refractivity contribution is 0.0349. The molecule has 0 bridgehead atoms. The van der Waals surface area contributed by atoms with Crippen molar-refractivity contribution in [3.05, 3.63) is 0 Å². The Hall–Kier alpha value is -0.120. The Bertz CT molecular complexity index is 147. The van der Waals surface area contributed by atoms with Crippen LogP contribution in [0.15, 0.2) is 0 Å². The van der Waals surface area contributed by atoms with Crippen LogP contribution >= 0.6 is 0 Å². The lowest BCUT2D eigenvalue weighted by Gasteiger charge is -2.24. The average Bonchev–Trinajstić information content (AvgIpc) is 2.28. The third kappa shape index (κ3) is 6.13. The van der Waals surface area contributed by atoms with E-state index in [0.29, 0.717) is 12.1 Å². The minimum atomic E-state index is 0.327. The standard InChI is InChI=1S/C12H25NO2/c1-11(6-9-14-2)15-10-7-12-5-3-4-8-13-12/h11-13H,3-10H2,1-2H3. The molecular formula is C12H25NO2. The van der Waals surface area contributed by atoms with Crippen molar-refractivity contribution < 1.29 is 9.47 Å². The lowest BCUT2D eigenvalue weighted by Crippen LogP contribution is -2.35. The summed E-state index contributed by atoms with van der Waals surface area (Å²) in [5, 5.41) is 3.53. The summed E-state index contributed by atoms with van der Waals surface area (Å²) in [7, 11) is 1.73. The second-order valence-corrected chi connectivity index (χ2v) is 4.40.